The van der Waals surface area contributed by atoms with E-state index in [1.54, 1.807) is 38.5 Å². The lowest BCUT2D eigenvalue weighted by Crippen LogP contribution is -2.05. The highest BCUT2D eigenvalue weighted by molar-refractivity contribution is 5.94. The van der Waals surface area contributed by atoms with Crippen LogP contribution in [0.15, 0.2) is 53.1 Å². The highest BCUT2D eigenvalue weighted by Crippen LogP contribution is 2.31. The molecule has 142 valence electrons. The van der Waals surface area contributed by atoms with Crippen molar-refractivity contribution < 1.29 is 23.5 Å². The zero-order chi connectivity index (χ0) is 19.5. The summed E-state index contributed by atoms with van der Waals surface area (Å²) in [6, 6.07) is 14.6. The maximum Gasteiger partial charge on any atom is 0.355 e. The second-order valence-electron chi connectivity index (χ2n) is 5.92. The van der Waals surface area contributed by atoms with Crippen LogP contribution in [-0.2, 0) is 11.3 Å². The summed E-state index contributed by atoms with van der Waals surface area (Å²) < 4.78 is 21.0. The first-order valence-electron chi connectivity index (χ1n) is 8.48. The van der Waals surface area contributed by atoms with Crippen molar-refractivity contribution in [3.8, 4) is 22.9 Å². The number of methoxy groups -OCH3 is 2. The molecular formula is C20H17N3O5. The van der Waals surface area contributed by atoms with Crippen LogP contribution in [0.5, 0.6) is 11.5 Å². The average Bonchev–Trinajstić information content (AvgIpc) is 3.38. The molecule has 0 unspecified atom stereocenters. The standard InChI is InChI=1S/C20H17N3O5/c1-25-13-7-8-14(17(10-13)26-2)19-22-18(28-23-19)11-27-20(24)16-9-12-5-3-4-6-15(12)21-16/h3-10,21H,11H2,1-2H3. The molecular weight excluding hydrogens is 362 g/mol. The van der Waals surface area contributed by atoms with Crippen molar-refractivity contribution >= 4 is 16.9 Å². The molecule has 0 aliphatic carbocycles. The Morgan fingerprint density at radius 1 is 1.11 bits per heavy atom. The van der Waals surface area contributed by atoms with E-state index in [0.717, 1.165) is 10.9 Å². The number of benzene rings is 2. The summed E-state index contributed by atoms with van der Waals surface area (Å²) in [5, 5.41) is 4.86. The predicted molar refractivity (Wildman–Crippen MR) is 100 cm³/mol. The third-order valence-corrected chi connectivity index (χ3v) is 4.19. The minimum absolute atomic E-state index is 0.139. The number of nitrogens with one attached hydrogen (secondary N) is 1. The number of rotatable bonds is 6. The first-order chi connectivity index (χ1) is 13.7. The van der Waals surface area contributed by atoms with E-state index in [1.807, 2.05) is 24.3 Å². The van der Waals surface area contributed by atoms with Gasteiger partial charge < -0.3 is 23.7 Å². The van der Waals surface area contributed by atoms with Crippen LogP contribution >= 0.6 is 0 Å². The second-order valence-corrected chi connectivity index (χ2v) is 5.92. The highest BCUT2D eigenvalue weighted by Gasteiger charge is 2.17. The molecule has 0 radical (unpaired) electrons. The number of aromatic amines is 1. The number of aromatic nitrogens is 3. The summed E-state index contributed by atoms with van der Waals surface area (Å²) in [5.41, 5.74) is 1.86. The van der Waals surface area contributed by atoms with Crippen molar-refractivity contribution in [1.29, 1.82) is 0 Å². The molecule has 1 N–H and O–H groups in total. The summed E-state index contributed by atoms with van der Waals surface area (Å²) in [7, 11) is 3.11. The molecule has 2 heterocycles. The minimum Gasteiger partial charge on any atom is -0.497 e. The maximum absolute atomic E-state index is 12.3. The van der Waals surface area contributed by atoms with Gasteiger partial charge in [-0.05, 0) is 24.3 Å². The Kier molecular flexibility index (Phi) is 4.67. The van der Waals surface area contributed by atoms with Crippen molar-refractivity contribution in [3.05, 3.63) is 60.1 Å². The van der Waals surface area contributed by atoms with Gasteiger partial charge in [0.25, 0.3) is 5.89 Å². The lowest BCUT2D eigenvalue weighted by molar-refractivity contribution is 0.0424. The normalized spacial score (nSPS) is 10.8. The van der Waals surface area contributed by atoms with E-state index in [-0.39, 0.29) is 12.5 Å². The van der Waals surface area contributed by atoms with Gasteiger partial charge in [0, 0.05) is 17.0 Å². The molecule has 0 saturated carbocycles. The van der Waals surface area contributed by atoms with E-state index < -0.39 is 5.97 Å². The second kappa shape index (κ2) is 7.43. The van der Waals surface area contributed by atoms with Gasteiger partial charge in [-0.3, -0.25) is 0 Å². The van der Waals surface area contributed by atoms with Gasteiger partial charge in [-0.1, -0.05) is 23.4 Å². The summed E-state index contributed by atoms with van der Waals surface area (Å²) in [5.74, 6) is 1.20. The largest absolute Gasteiger partial charge is 0.497 e. The van der Waals surface area contributed by atoms with Crippen LogP contribution in [0.25, 0.3) is 22.3 Å². The molecule has 2 aromatic heterocycles. The predicted octanol–water partition coefficient (Wildman–Crippen LogP) is 3.59. The van der Waals surface area contributed by atoms with Crippen LogP contribution < -0.4 is 9.47 Å². The Hall–Kier alpha value is -3.81. The van der Waals surface area contributed by atoms with Crippen LogP contribution in [0.3, 0.4) is 0 Å². The monoisotopic (exact) mass is 379 g/mol. The zero-order valence-electron chi connectivity index (χ0n) is 15.3. The lowest BCUT2D eigenvalue weighted by Gasteiger charge is -2.07. The lowest BCUT2D eigenvalue weighted by atomic mass is 10.2. The van der Waals surface area contributed by atoms with Crippen LogP contribution in [-0.4, -0.2) is 35.3 Å². The molecule has 2 aromatic carbocycles. The first kappa shape index (κ1) is 17.6. The third kappa shape index (κ3) is 3.39. The number of ether oxygens (including phenoxy) is 3. The van der Waals surface area contributed by atoms with Crippen molar-refractivity contribution in [2.75, 3.05) is 14.2 Å². The molecule has 0 aliphatic heterocycles. The number of nitrogens with zero attached hydrogens (tertiary/aromatic N) is 2. The molecule has 4 rings (SSSR count). The van der Waals surface area contributed by atoms with E-state index in [1.165, 1.54) is 0 Å². The van der Waals surface area contributed by atoms with Gasteiger partial charge in [0.15, 0.2) is 6.61 Å². The van der Waals surface area contributed by atoms with Gasteiger partial charge in [0.1, 0.15) is 17.2 Å². The fourth-order valence-corrected chi connectivity index (χ4v) is 2.79. The third-order valence-electron chi connectivity index (χ3n) is 4.19. The van der Waals surface area contributed by atoms with Crippen LogP contribution in [0.1, 0.15) is 16.4 Å². The Labute approximate surface area is 160 Å². The Bertz CT molecular complexity index is 1100. The Balaban J connectivity index is 1.47. The van der Waals surface area contributed by atoms with Gasteiger partial charge >= 0.3 is 5.97 Å². The number of carbonyl (C=O) groups excluding carboxylic acids is 1. The van der Waals surface area contributed by atoms with Crippen molar-refractivity contribution in [2.24, 2.45) is 0 Å². The first-order valence-corrected chi connectivity index (χ1v) is 8.48. The fourth-order valence-electron chi connectivity index (χ4n) is 2.79. The van der Waals surface area contributed by atoms with Gasteiger partial charge in [0.2, 0.25) is 5.82 Å². The number of hydrogen-bond acceptors (Lipinski definition) is 7. The van der Waals surface area contributed by atoms with E-state index in [0.29, 0.717) is 28.6 Å². The highest BCUT2D eigenvalue weighted by atomic mass is 16.6. The number of esters is 1. The smallest absolute Gasteiger partial charge is 0.355 e. The minimum atomic E-state index is -0.502. The number of H-pyrrole nitrogens is 1. The topological polar surface area (TPSA) is 99.5 Å². The summed E-state index contributed by atoms with van der Waals surface area (Å²) in [4.78, 5) is 19.5. The maximum atomic E-state index is 12.3. The summed E-state index contributed by atoms with van der Waals surface area (Å²) in [6.45, 7) is -0.139. The van der Waals surface area contributed by atoms with E-state index >= 15 is 0 Å². The fraction of sp³-hybridized carbons (Fsp3) is 0.150. The molecule has 0 bridgehead atoms. The van der Waals surface area contributed by atoms with Gasteiger partial charge in [-0.25, -0.2) is 4.79 Å². The van der Waals surface area contributed by atoms with Crippen LogP contribution in [0, 0.1) is 0 Å². The number of para-hydroxylation sites is 1. The van der Waals surface area contributed by atoms with Crippen LogP contribution in [0.2, 0.25) is 0 Å². The molecule has 0 atom stereocenters. The average molecular weight is 379 g/mol. The Morgan fingerprint density at radius 3 is 2.75 bits per heavy atom. The quantitative estimate of drug-likeness (QED) is 0.511. The van der Waals surface area contributed by atoms with Crippen molar-refractivity contribution in [3.63, 3.8) is 0 Å². The molecule has 0 saturated heterocycles. The number of fused-ring (bicyclic) bond motifs is 1. The van der Waals surface area contributed by atoms with Crippen molar-refractivity contribution in [1.82, 2.24) is 15.1 Å². The summed E-state index contributed by atoms with van der Waals surface area (Å²) in [6.07, 6.45) is 0. The van der Waals surface area contributed by atoms with E-state index in [9.17, 15) is 4.79 Å². The molecule has 8 heteroatoms. The molecule has 0 amide bonds. The van der Waals surface area contributed by atoms with E-state index in [2.05, 4.69) is 15.1 Å². The van der Waals surface area contributed by atoms with Crippen LogP contribution in [0.4, 0.5) is 0 Å². The number of carbonyl (C=O) groups is 1. The van der Waals surface area contributed by atoms with Gasteiger partial charge in [-0.2, -0.15) is 4.98 Å². The molecule has 0 aliphatic rings. The SMILES string of the molecule is COc1ccc(-c2noc(COC(=O)c3cc4ccccc4[nH]3)n2)c(OC)c1. The van der Waals surface area contributed by atoms with Gasteiger partial charge in [-0.15, -0.1) is 0 Å². The number of hydrogen-bond donors (Lipinski definition) is 1. The molecule has 0 fully saturated rings. The zero-order valence-corrected chi connectivity index (χ0v) is 15.3. The molecule has 4 aromatic rings. The molecule has 28 heavy (non-hydrogen) atoms. The van der Waals surface area contributed by atoms with E-state index in [4.69, 9.17) is 18.7 Å². The van der Waals surface area contributed by atoms with Gasteiger partial charge in [0.05, 0.1) is 19.8 Å². The molecule has 8 nitrogen and oxygen atoms in total. The molecule has 0 spiro atoms. The Morgan fingerprint density at radius 2 is 1.96 bits per heavy atom. The summed E-state index contributed by atoms with van der Waals surface area (Å²) >= 11 is 0. The van der Waals surface area contributed by atoms with Crippen molar-refractivity contribution in [2.45, 2.75) is 6.61 Å².